The summed E-state index contributed by atoms with van der Waals surface area (Å²) in [6.45, 7) is 4.26. The van der Waals surface area contributed by atoms with Crippen molar-refractivity contribution in [1.29, 1.82) is 5.26 Å². The molecule has 1 aliphatic carbocycles. The van der Waals surface area contributed by atoms with Crippen molar-refractivity contribution in [3.8, 4) is 28.5 Å². The van der Waals surface area contributed by atoms with Crippen LogP contribution in [0.25, 0.3) is 44.3 Å². The van der Waals surface area contributed by atoms with Gasteiger partial charge in [-0.2, -0.15) is 5.26 Å². The van der Waals surface area contributed by atoms with E-state index in [1.807, 2.05) is 12.1 Å². The number of pyridine rings is 1. The fourth-order valence-electron chi connectivity index (χ4n) is 7.03. The van der Waals surface area contributed by atoms with Crippen molar-refractivity contribution in [3.63, 3.8) is 0 Å². The second-order valence-electron chi connectivity index (χ2n) is 12.0. The maximum atomic E-state index is 10.1. The van der Waals surface area contributed by atoms with Gasteiger partial charge in [0.1, 0.15) is 18.2 Å². The normalized spacial score (nSPS) is 17.0. The molecule has 3 nitrogen and oxygen atoms in total. The molecule has 0 spiro atoms. The van der Waals surface area contributed by atoms with Crippen molar-refractivity contribution < 1.29 is 8.98 Å². The van der Waals surface area contributed by atoms with Crippen molar-refractivity contribution in [1.82, 2.24) is 0 Å². The number of rotatable bonds is 4. The van der Waals surface area contributed by atoms with Crippen LogP contribution in [0.3, 0.4) is 0 Å². The van der Waals surface area contributed by atoms with Crippen LogP contribution in [-0.2, 0) is 7.05 Å². The van der Waals surface area contributed by atoms with Crippen molar-refractivity contribution in [2.45, 2.75) is 51.4 Å². The lowest BCUT2D eigenvalue weighted by atomic mass is 9.76. The van der Waals surface area contributed by atoms with Gasteiger partial charge in [0.2, 0.25) is 5.69 Å². The van der Waals surface area contributed by atoms with E-state index >= 15 is 0 Å². The van der Waals surface area contributed by atoms with Gasteiger partial charge in [-0.25, -0.2) is 4.57 Å². The van der Waals surface area contributed by atoms with Crippen LogP contribution in [0.2, 0.25) is 0 Å². The fraction of sp³-hybridized carbons (Fsp3) is 0.231. The molecule has 0 atom stereocenters. The van der Waals surface area contributed by atoms with Crippen molar-refractivity contribution in [2.75, 3.05) is 0 Å². The molecule has 0 aliphatic heterocycles. The monoisotopic (exact) mass is 547 g/mol. The molecular weight excluding hydrogens is 512 g/mol. The molecule has 4 aromatic carbocycles. The third-order valence-electron chi connectivity index (χ3n) is 9.37. The summed E-state index contributed by atoms with van der Waals surface area (Å²) in [6.07, 6.45) is 6.97. The lowest BCUT2D eigenvalue weighted by Crippen LogP contribution is -2.30. The van der Waals surface area contributed by atoms with Gasteiger partial charge in [0.25, 0.3) is 0 Å². The van der Waals surface area contributed by atoms with Gasteiger partial charge in [-0.1, -0.05) is 66.7 Å². The summed E-state index contributed by atoms with van der Waals surface area (Å²) in [5.41, 5.74) is 11.6. The van der Waals surface area contributed by atoms with Gasteiger partial charge >= 0.3 is 0 Å². The van der Waals surface area contributed by atoms with Gasteiger partial charge < -0.3 is 4.42 Å². The first-order chi connectivity index (χ1) is 20.5. The molecule has 2 aromatic heterocycles. The van der Waals surface area contributed by atoms with Crippen LogP contribution in [-0.4, -0.2) is 0 Å². The Morgan fingerprint density at radius 3 is 2.00 bits per heavy atom. The summed E-state index contributed by atoms with van der Waals surface area (Å²) in [5, 5.41) is 12.3. The molecule has 0 radical (unpaired) electrons. The maximum absolute atomic E-state index is 10.1. The van der Waals surface area contributed by atoms with E-state index in [0.29, 0.717) is 17.4 Å². The first kappa shape index (κ1) is 26.2. The molecule has 0 amide bonds. The average Bonchev–Trinajstić information content (AvgIpc) is 3.41. The summed E-state index contributed by atoms with van der Waals surface area (Å²) in [4.78, 5) is 0. The quantitative estimate of drug-likeness (QED) is 0.206. The molecule has 0 N–H and O–H groups in total. The molecule has 0 unspecified atom stereocenters. The molecule has 206 valence electrons. The highest BCUT2D eigenvalue weighted by atomic mass is 16.3. The van der Waals surface area contributed by atoms with E-state index in [9.17, 15) is 5.26 Å². The first-order valence-electron chi connectivity index (χ1n) is 15.0. The molecule has 3 heteroatoms. The van der Waals surface area contributed by atoms with E-state index in [1.54, 1.807) is 0 Å². The zero-order valence-electron chi connectivity index (χ0n) is 24.5. The highest BCUT2D eigenvalue weighted by Gasteiger charge is 2.25. The fourth-order valence-corrected chi connectivity index (χ4v) is 7.03. The number of aryl methyl sites for hydroxylation is 3. The van der Waals surface area contributed by atoms with Gasteiger partial charge in [-0.3, -0.25) is 0 Å². The lowest BCUT2D eigenvalue weighted by molar-refractivity contribution is -0.660. The number of fused-ring (bicyclic) bond motifs is 3. The SMILES string of the molecule is Cc1cc[n+](C)c(-c2c(C)ccc3c2oc2c(-c4ccc(C5CCC(c6ccccc6)CC5)cc4)c(C#N)ccc23)c1. The second kappa shape index (κ2) is 10.6. The van der Waals surface area contributed by atoms with Crippen LogP contribution in [0, 0.1) is 25.2 Å². The Morgan fingerprint density at radius 1 is 0.714 bits per heavy atom. The number of benzene rings is 4. The first-order valence-corrected chi connectivity index (χ1v) is 15.0. The maximum Gasteiger partial charge on any atom is 0.216 e. The second-order valence-corrected chi connectivity index (χ2v) is 12.0. The van der Waals surface area contributed by atoms with Gasteiger partial charge in [-0.05, 0) is 91.3 Å². The number of hydrogen-bond acceptors (Lipinski definition) is 2. The molecule has 0 saturated heterocycles. The van der Waals surface area contributed by atoms with Gasteiger partial charge in [-0.15, -0.1) is 0 Å². The molecule has 1 aliphatic rings. The van der Waals surface area contributed by atoms with Crippen LogP contribution in [0.5, 0.6) is 0 Å². The number of nitrogens with zero attached hydrogens (tertiary/aromatic N) is 2. The third kappa shape index (κ3) is 4.48. The van der Waals surface area contributed by atoms with Crippen LogP contribution in [0.15, 0.2) is 102 Å². The minimum Gasteiger partial charge on any atom is -0.454 e. The van der Waals surface area contributed by atoms with E-state index in [4.69, 9.17) is 4.42 Å². The van der Waals surface area contributed by atoms with Gasteiger partial charge in [0, 0.05) is 28.5 Å². The minimum absolute atomic E-state index is 0.581. The van der Waals surface area contributed by atoms with E-state index in [0.717, 1.165) is 49.9 Å². The number of aromatic nitrogens is 1. The van der Waals surface area contributed by atoms with Crippen LogP contribution >= 0.6 is 0 Å². The van der Waals surface area contributed by atoms with E-state index in [1.165, 1.54) is 42.4 Å². The van der Waals surface area contributed by atoms with E-state index in [2.05, 4.69) is 117 Å². The Morgan fingerprint density at radius 2 is 1.33 bits per heavy atom. The molecule has 7 rings (SSSR count). The van der Waals surface area contributed by atoms with Gasteiger partial charge in [0.15, 0.2) is 6.20 Å². The van der Waals surface area contributed by atoms with E-state index in [-0.39, 0.29) is 0 Å². The van der Waals surface area contributed by atoms with Crippen LogP contribution in [0.1, 0.15) is 65.3 Å². The number of nitriles is 1. The Balaban J connectivity index is 1.28. The molecule has 1 saturated carbocycles. The summed E-state index contributed by atoms with van der Waals surface area (Å²) in [7, 11) is 2.07. The number of furan rings is 1. The minimum atomic E-state index is 0.581. The highest BCUT2D eigenvalue weighted by Crippen LogP contribution is 2.44. The standard InChI is InChI=1S/C39H35N2O/c1-25-21-22-41(3)35(23-25)36-26(2)9-19-33-34-20-18-32(24-40)37(39(34)42-38(33)36)31-16-14-30(15-17-31)29-12-10-28(11-13-29)27-7-5-4-6-8-27/h4-9,14-23,28-29H,10-13H2,1-3H3/q+1. The molecule has 0 bridgehead atoms. The molecule has 2 heterocycles. The molecule has 1 fully saturated rings. The third-order valence-corrected chi connectivity index (χ3v) is 9.37. The predicted molar refractivity (Wildman–Crippen MR) is 170 cm³/mol. The molecular formula is C39H35N2O+. The Bertz CT molecular complexity index is 1970. The van der Waals surface area contributed by atoms with Crippen molar-refractivity contribution in [3.05, 3.63) is 125 Å². The summed E-state index contributed by atoms with van der Waals surface area (Å²) in [6, 6.07) is 35.0. The Kier molecular flexibility index (Phi) is 6.63. The Labute approximate surface area is 247 Å². The van der Waals surface area contributed by atoms with E-state index < -0.39 is 0 Å². The van der Waals surface area contributed by atoms with Gasteiger partial charge in [0.05, 0.1) is 17.2 Å². The highest BCUT2D eigenvalue weighted by molar-refractivity contribution is 6.14. The largest absolute Gasteiger partial charge is 0.454 e. The van der Waals surface area contributed by atoms with Crippen LogP contribution in [0.4, 0.5) is 0 Å². The summed E-state index contributed by atoms with van der Waals surface area (Å²) < 4.78 is 8.93. The van der Waals surface area contributed by atoms with Crippen LogP contribution < -0.4 is 4.57 Å². The Hall–Kier alpha value is -4.68. The predicted octanol–water partition coefficient (Wildman–Crippen LogP) is 9.67. The lowest BCUT2D eigenvalue weighted by Gasteiger charge is -2.29. The zero-order valence-corrected chi connectivity index (χ0v) is 24.5. The smallest absolute Gasteiger partial charge is 0.216 e. The number of hydrogen-bond donors (Lipinski definition) is 0. The summed E-state index contributed by atoms with van der Waals surface area (Å²) >= 11 is 0. The van der Waals surface area contributed by atoms with Crippen molar-refractivity contribution in [2.24, 2.45) is 7.05 Å². The molecule has 42 heavy (non-hydrogen) atoms. The molecule has 6 aromatic rings. The summed E-state index contributed by atoms with van der Waals surface area (Å²) in [5.74, 6) is 1.25. The zero-order chi connectivity index (χ0) is 28.8. The van der Waals surface area contributed by atoms with Crippen molar-refractivity contribution >= 4 is 21.9 Å². The topological polar surface area (TPSA) is 40.8 Å². The average molecular weight is 548 g/mol.